The number of halogens is 2. The molecule has 0 saturated heterocycles. The molecule has 0 heterocycles. The Morgan fingerprint density at radius 3 is 2.18 bits per heavy atom. The van der Waals surface area contributed by atoms with Crippen molar-refractivity contribution in [2.45, 2.75) is 11.8 Å². The second kappa shape index (κ2) is 10.2. The molecule has 3 aromatic carbocycles. The topological polar surface area (TPSA) is 128 Å². The predicted molar refractivity (Wildman–Crippen MR) is 129 cm³/mol. The van der Waals surface area contributed by atoms with Gasteiger partial charge in [0.25, 0.3) is 11.6 Å². The molecule has 0 aliphatic heterocycles. The van der Waals surface area contributed by atoms with Gasteiger partial charge in [-0.1, -0.05) is 17.7 Å². The highest BCUT2D eigenvalue weighted by Crippen LogP contribution is 2.36. The number of amides is 1. The highest BCUT2D eigenvalue weighted by atomic mass is 79.9. The van der Waals surface area contributed by atoms with Crippen LogP contribution in [-0.4, -0.2) is 25.5 Å². The van der Waals surface area contributed by atoms with Crippen molar-refractivity contribution in [3.63, 3.8) is 0 Å². The van der Waals surface area contributed by atoms with E-state index in [1.165, 1.54) is 42.6 Å². The molecule has 33 heavy (non-hydrogen) atoms. The Bertz CT molecular complexity index is 1320. The van der Waals surface area contributed by atoms with E-state index in [0.717, 1.165) is 5.56 Å². The lowest BCUT2D eigenvalue weighted by Gasteiger charge is -2.11. The molecule has 1 N–H and O–H groups in total. The van der Waals surface area contributed by atoms with Crippen LogP contribution < -0.4 is 9.61 Å². The van der Waals surface area contributed by atoms with Gasteiger partial charge in [-0.15, -0.1) is 0 Å². The van der Waals surface area contributed by atoms with Gasteiger partial charge in [0.05, 0.1) is 20.1 Å². The van der Waals surface area contributed by atoms with Gasteiger partial charge in [-0.05, 0) is 80.7 Å². The molecule has 0 aliphatic rings. The molecule has 12 heteroatoms. The van der Waals surface area contributed by atoms with E-state index < -0.39 is 20.9 Å². The van der Waals surface area contributed by atoms with Crippen LogP contribution in [0.25, 0.3) is 0 Å². The summed E-state index contributed by atoms with van der Waals surface area (Å²) in [4.78, 5) is 22.3. The molecule has 0 spiro atoms. The smallest absolute Gasteiger partial charge is 0.339 e. The Labute approximate surface area is 206 Å². The van der Waals surface area contributed by atoms with E-state index in [9.17, 15) is 23.3 Å². The lowest BCUT2D eigenvalue weighted by Crippen LogP contribution is -2.17. The molecule has 0 aliphatic carbocycles. The van der Waals surface area contributed by atoms with Crippen LogP contribution in [0, 0.1) is 17.0 Å². The van der Waals surface area contributed by atoms with Crippen molar-refractivity contribution < 1.29 is 22.3 Å². The largest absolute Gasteiger partial charge is 0.377 e. The summed E-state index contributed by atoms with van der Waals surface area (Å²) in [6.45, 7) is 1.85. The number of nitrogens with zero attached hydrogens (tertiary/aromatic N) is 2. The molecule has 9 nitrogen and oxygen atoms in total. The summed E-state index contributed by atoms with van der Waals surface area (Å²) in [6.07, 6.45) is 1.34. The second-order valence-electron chi connectivity index (χ2n) is 6.67. The normalized spacial score (nSPS) is 11.4. The summed E-state index contributed by atoms with van der Waals surface area (Å²) in [6, 6.07) is 14.5. The Morgan fingerprint density at radius 2 is 1.64 bits per heavy atom. The monoisotopic (exact) mass is 595 g/mol. The fraction of sp³-hybridized carbons (Fsp3) is 0.0476. The lowest BCUT2D eigenvalue weighted by atomic mass is 10.2. The van der Waals surface area contributed by atoms with Crippen LogP contribution in [0.4, 0.5) is 5.69 Å². The molecule has 0 saturated carbocycles. The van der Waals surface area contributed by atoms with Gasteiger partial charge in [-0.25, -0.2) is 5.43 Å². The van der Waals surface area contributed by atoms with Crippen molar-refractivity contribution in [2.24, 2.45) is 5.10 Å². The third-order valence-electron chi connectivity index (χ3n) is 4.24. The molecule has 0 unspecified atom stereocenters. The van der Waals surface area contributed by atoms with Gasteiger partial charge in [0.2, 0.25) is 0 Å². The van der Waals surface area contributed by atoms with Gasteiger partial charge in [0.15, 0.2) is 5.75 Å². The Morgan fingerprint density at radius 1 is 1.06 bits per heavy atom. The van der Waals surface area contributed by atoms with Gasteiger partial charge >= 0.3 is 10.1 Å². The first-order valence-electron chi connectivity index (χ1n) is 9.15. The number of nitrogens with one attached hydrogen (secondary N) is 1. The first kappa shape index (κ1) is 24.6. The Kier molecular flexibility index (Phi) is 7.61. The average molecular weight is 597 g/mol. The number of non-ortho nitro benzene ring substituents is 1. The first-order valence-corrected chi connectivity index (χ1v) is 12.1. The number of hydrazone groups is 1. The second-order valence-corrected chi connectivity index (χ2v) is 9.92. The highest BCUT2D eigenvalue weighted by molar-refractivity contribution is 9.11. The molecule has 0 aromatic heterocycles. The van der Waals surface area contributed by atoms with Gasteiger partial charge in [0.1, 0.15) is 4.90 Å². The van der Waals surface area contributed by atoms with Gasteiger partial charge in [-0.2, -0.15) is 13.5 Å². The van der Waals surface area contributed by atoms with Gasteiger partial charge < -0.3 is 4.18 Å². The average Bonchev–Trinajstić information content (AvgIpc) is 2.76. The molecule has 3 rings (SSSR count). The van der Waals surface area contributed by atoms with Crippen LogP contribution in [0.5, 0.6) is 5.75 Å². The van der Waals surface area contributed by atoms with E-state index in [0.29, 0.717) is 14.5 Å². The van der Waals surface area contributed by atoms with Crippen molar-refractivity contribution in [3.8, 4) is 5.75 Å². The lowest BCUT2D eigenvalue weighted by molar-refractivity contribution is -0.384. The van der Waals surface area contributed by atoms with E-state index in [1.807, 2.05) is 6.92 Å². The van der Waals surface area contributed by atoms with Crippen LogP contribution >= 0.6 is 31.9 Å². The third-order valence-corrected chi connectivity index (χ3v) is 6.66. The van der Waals surface area contributed by atoms with Crippen molar-refractivity contribution >= 4 is 59.8 Å². The number of carbonyl (C=O) groups excluding carboxylic acids is 1. The Balaban J connectivity index is 1.71. The molecule has 1 amide bonds. The molecule has 0 fully saturated rings. The number of carbonyl (C=O) groups is 1. The SMILES string of the molecule is Cc1ccc(S(=O)(=O)Oc2c(Br)cc(/C=N\NC(=O)c3ccc([N+](=O)[O-])cc3)cc2Br)cc1. The van der Waals surface area contributed by atoms with Crippen molar-refractivity contribution in [1.82, 2.24) is 5.43 Å². The maximum absolute atomic E-state index is 12.6. The van der Waals surface area contributed by atoms with Crippen LogP contribution in [0.15, 0.2) is 79.6 Å². The summed E-state index contributed by atoms with van der Waals surface area (Å²) in [5.41, 5.74) is 3.83. The molecule has 0 radical (unpaired) electrons. The van der Waals surface area contributed by atoms with E-state index in [-0.39, 0.29) is 21.9 Å². The third kappa shape index (κ3) is 6.24. The maximum atomic E-state index is 12.6. The number of nitro groups is 1. The number of rotatable bonds is 7. The minimum Gasteiger partial charge on any atom is -0.377 e. The van der Waals surface area contributed by atoms with Crippen LogP contribution in [0.3, 0.4) is 0 Å². The number of benzene rings is 3. The predicted octanol–water partition coefficient (Wildman–Crippen LogP) is 4.96. The molecule has 0 bridgehead atoms. The van der Waals surface area contributed by atoms with Crippen LogP contribution in [0.2, 0.25) is 0 Å². The number of hydrogen-bond acceptors (Lipinski definition) is 7. The summed E-state index contributed by atoms with van der Waals surface area (Å²) in [5, 5.41) is 14.5. The molecular formula is C21H15Br2N3O6S. The van der Waals surface area contributed by atoms with E-state index in [2.05, 4.69) is 42.4 Å². The highest BCUT2D eigenvalue weighted by Gasteiger charge is 2.20. The summed E-state index contributed by atoms with van der Waals surface area (Å²) < 4.78 is 31.1. The zero-order valence-electron chi connectivity index (χ0n) is 16.9. The van der Waals surface area contributed by atoms with Crippen LogP contribution in [-0.2, 0) is 10.1 Å². The molecule has 170 valence electrons. The van der Waals surface area contributed by atoms with Crippen molar-refractivity contribution in [2.75, 3.05) is 0 Å². The number of nitro benzene ring substituents is 1. The van der Waals surface area contributed by atoms with E-state index in [4.69, 9.17) is 4.18 Å². The molecule has 0 atom stereocenters. The van der Waals surface area contributed by atoms with Crippen molar-refractivity contribution in [3.05, 3.63) is 96.4 Å². The van der Waals surface area contributed by atoms with Gasteiger partial charge in [0, 0.05) is 17.7 Å². The minimum atomic E-state index is -4.05. The summed E-state index contributed by atoms with van der Waals surface area (Å²) in [7, 11) is -4.05. The summed E-state index contributed by atoms with van der Waals surface area (Å²) in [5.74, 6) is -0.494. The first-order chi connectivity index (χ1) is 15.6. The number of aryl methyl sites for hydroxylation is 1. The van der Waals surface area contributed by atoms with E-state index >= 15 is 0 Å². The quantitative estimate of drug-likeness (QED) is 0.178. The Hall–Kier alpha value is -3.09. The van der Waals surface area contributed by atoms with Gasteiger partial charge in [-0.3, -0.25) is 14.9 Å². The fourth-order valence-corrected chi connectivity index (χ4v) is 5.12. The minimum absolute atomic E-state index is 0.0199. The standard InChI is InChI=1S/C21H15Br2N3O6S/c1-13-2-8-17(9-3-13)33(30,31)32-20-18(22)10-14(11-19(20)23)12-24-25-21(27)15-4-6-16(7-5-15)26(28)29/h2-12H,1H3,(H,25,27)/b24-12-. The number of hydrogen-bond donors (Lipinski definition) is 1. The molecular weight excluding hydrogens is 582 g/mol. The maximum Gasteiger partial charge on any atom is 0.339 e. The summed E-state index contributed by atoms with van der Waals surface area (Å²) >= 11 is 6.57. The molecule has 3 aromatic rings. The zero-order chi connectivity index (χ0) is 24.2. The van der Waals surface area contributed by atoms with E-state index in [1.54, 1.807) is 24.3 Å². The zero-order valence-corrected chi connectivity index (χ0v) is 20.8. The van der Waals surface area contributed by atoms with Crippen molar-refractivity contribution in [1.29, 1.82) is 0 Å². The van der Waals surface area contributed by atoms with Crippen LogP contribution in [0.1, 0.15) is 21.5 Å². The fourth-order valence-electron chi connectivity index (χ4n) is 2.56.